The summed E-state index contributed by atoms with van der Waals surface area (Å²) in [6.45, 7) is 1.92. The number of halogens is 1. The number of carbonyl (C=O) groups excluding carboxylic acids is 2. The van der Waals surface area contributed by atoms with E-state index in [0.717, 1.165) is 10.1 Å². The first-order valence-electron chi connectivity index (χ1n) is 10.9. The third-order valence-electron chi connectivity index (χ3n) is 5.39. The molecule has 174 valence electrons. The SMILES string of the molecule is CCOC(=O)c1cc(-c2cccc(NC(=O)c3csc4ccccc34)c2)n(-c2cccc(F)c2)n1. The van der Waals surface area contributed by atoms with Crippen LogP contribution in [0.5, 0.6) is 0 Å². The van der Waals surface area contributed by atoms with Crippen LogP contribution in [0.2, 0.25) is 0 Å². The van der Waals surface area contributed by atoms with Crippen molar-refractivity contribution < 1.29 is 18.7 Å². The highest BCUT2D eigenvalue weighted by Gasteiger charge is 2.19. The van der Waals surface area contributed by atoms with Crippen LogP contribution < -0.4 is 5.32 Å². The van der Waals surface area contributed by atoms with E-state index in [9.17, 15) is 14.0 Å². The third kappa shape index (κ3) is 4.56. The molecular formula is C27H20FN3O3S. The molecule has 1 N–H and O–H groups in total. The molecule has 3 aromatic carbocycles. The Kier molecular flexibility index (Phi) is 6.12. The van der Waals surface area contributed by atoms with E-state index >= 15 is 0 Å². The molecule has 8 heteroatoms. The maximum Gasteiger partial charge on any atom is 0.358 e. The van der Waals surface area contributed by atoms with Crippen LogP contribution in [0.25, 0.3) is 27.0 Å². The summed E-state index contributed by atoms with van der Waals surface area (Å²) in [5.74, 6) is -1.21. The van der Waals surface area contributed by atoms with Gasteiger partial charge in [-0.2, -0.15) is 5.10 Å². The first-order valence-corrected chi connectivity index (χ1v) is 11.8. The number of aromatic nitrogens is 2. The summed E-state index contributed by atoms with van der Waals surface area (Å²) in [6.07, 6.45) is 0. The molecule has 35 heavy (non-hydrogen) atoms. The minimum Gasteiger partial charge on any atom is -0.461 e. The van der Waals surface area contributed by atoms with Crippen molar-refractivity contribution in [2.24, 2.45) is 0 Å². The number of rotatable bonds is 6. The summed E-state index contributed by atoms with van der Waals surface area (Å²) in [4.78, 5) is 25.4. The van der Waals surface area contributed by atoms with Crippen molar-refractivity contribution in [2.45, 2.75) is 6.92 Å². The molecule has 2 heterocycles. The zero-order valence-corrected chi connectivity index (χ0v) is 19.5. The molecule has 2 aromatic heterocycles. The van der Waals surface area contributed by atoms with Gasteiger partial charge < -0.3 is 10.1 Å². The molecule has 1 amide bonds. The Bertz CT molecular complexity index is 1560. The van der Waals surface area contributed by atoms with E-state index in [1.165, 1.54) is 28.2 Å². The zero-order valence-electron chi connectivity index (χ0n) is 18.7. The zero-order chi connectivity index (χ0) is 24.4. The molecule has 5 rings (SSSR count). The number of anilines is 1. The maximum absolute atomic E-state index is 13.9. The molecule has 6 nitrogen and oxygen atoms in total. The number of nitrogens with zero attached hydrogens (tertiary/aromatic N) is 2. The number of hydrogen-bond acceptors (Lipinski definition) is 5. The van der Waals surface area contributed by atoms with Crippen LogP contribution in [-0.2, 0) is 4.74 Å². The van der Waals surface area contributed by atoms with Crippen molar-refractivity contribution >= 4 is 39.0 Å². The van der Waals surface area contributed by atoms with Gasteiger partial charge in [0.15, 0.2) is 5.69 Å². The van der Waals surface area contributed by atoms with E-state index in [1.54, 1.807) is 43.3 Å². The molecule has 0 aliphatic heterocycles. The second kappa shape index (κ2) is 9.52. The molecule has 0 saturated heterocycles. The molecule has 0 bridgehead atoms. The van der Waals surface area contributed by atoms with Gasteiger partial charge in [-0.15, -0.1) is 11.3 Å². The lowest BCUT2D eigenvalue weighted by Crippen LogP contribution is -2.11. The Hall–Kier alpha value is -4.30. The van der Waals surface area contributed by atoms with E-state index < -0.39 is 11.8 Å². The van der Waals surface area contributed by atoms with E-state index in [0.29, 0.717) is 28.2 Å². The minimum atomic E-state index is -0.572. The van der Waals surface area contributed by atoms with Gasteiger partial charge in [-0.25, -0.2) is 13.9 Å². The van der Waals surface area contributed by atoms with Gasteiger partial charge in [0.25, 0.3) is 5.91 Å². The van der Waals surface area contributed by atoms with Gasteiger partial charge in [0, 0.05) is 26.7 Å². The summed E-state index contributed by atoms with van der Waals surface area (Å²) in [5, 5.41) is 10.1. The number of ether oxygens (including phenoxy) is 1. The highest BCUT2D eigenvalue weighted by molar-refractivity contribution is 7.17. The van der Waals surface area contributed by atoms with Crippen LogP contribution in [0.3, 0.4) is 0 Å². The predicted octanol–water partition coefficient (Wildman–Crippen LogP) is 6.32. The number of esters is 1. The van der Waals surface area contributed by atoms with Crippen molar-refractivity contribution in [3.63, 3.8) is 0 Å². The number of carbonyl (C=O) groups is 2. The monoisotopic (exact) mass is 485 g/mol. The fourth-order valence-corrected chi connectivity index (χ4v) is 4.75. The predicted molar refractivity (Wildman–Crippen MR) is 135 cm³/mol. The van der Waals surface area contributed by atoms with Crippen LogP contribution in [0.4, 0.5) is 10.1 Å². The number of benzene rings is 3. The molecule has 0 atom stereocenters. The largest absolute Gasteiger partial charge is 0.461 e. The molecule has 0 radical (unpaired) electrons. The molecule has 5 aromatic rings. The Morgan fingerprint density at radius 2 is 1.86 bits per heavy atom. The van der Waals surface area contributed by atoms with Crippen molar-refractivity contribution in [3.05, 3.63) is 101 Å². The molecule has 0 fully saturated rings. The summed E-state index contributed by atoms with van der Waals surface area (Å²) < 4.78 is 21.6. The smallest absolute Gasteiger partial charge is 0.358 e. The molecule has 0 saturated carbocycles. The summed E-state index contributed by atoms with van der Waals surface area (Å²) in [6, 6.07) is 22.5. The van der Waals surface area contributed by atoms with Crippen molar-refractivity contribution in [2.75, 3.05) is 11.9 Å². The normalized spacial score (nSPS) is 10.9. The Morgan fingerprint density at radius 3 is 2.69 bits per heavy atom. The Morgan fingerprint density at radius 1 is 1.03 bits per heavy atom. The Labute approximate surface area is 204 Å². The fourth-order valence-electron chi connectivity index (χ4n) is 3.80. The van der Waals surface area contributed by atoms with Crippen molar-refractivity contribution in [3.8, 4) is 16.9 Å². The maximum atomic E-state index is 13.9. The van der Waals surface area contributed by atoms with Crippen molar-refractivity contribution in [1.82, 2.24) is 9.78 Å². The van der Waals surface area contributed by atoms with E-state index in [2.05, 4.69) is 10.4 Å². The minimum absolute atomic E-state index is 0.102. The van der Waals surface area contributed by atoms with Crippen molar-refractivity contribution in [1.29, 1.82) is 0 Å². The van der Waals surface area contributed by atoms with Gasteiger partial charge in [-0.05, 0) is 49.4 Å². The van der Waals surface area contributed by atoms with Crippen LogP contribution in [-0.4, -0.2) is 28.3 Å². The van der Waals surface area contributed by atoms with Gasteiger partial charge in [-0.3, -0.25) is 4.79 Å². The topological polar surface area (TPSA) is 73.2 Å². The summed E-state index contributed by atoms with van der Waals surface area (Å²) in [5.41, 5.74) is 2.97. The first kappa shape index (κ1) is 22.5. The lowest BCUT2D eigenvalue weighted by Gasteiger charge is -2.10. The quantitative estimate of drug-likeness (QED) is 0.286. The van der Waals surface area contributed by atoms with Gasteiger partial charge in [-0.1, -0.05) is 36.4 Å². The summed E-state index contributed by atoms with van der Waals surface area (Å²) >= 11 is 1.52. The molecule has 0 spiro atoms. The van der Waals surface area contributed by atoms with Gasteiger partial charge in [0.05, 0.1) is 23.6 Å². The first-order chi connectivity index (χ1) is 17.0. The Balaban J connectivity index is 1.51. The number of thiophene rings is 1. The van der Waals surface area contributed by atoms with Gasteiger partial charge in [0.2, 0.25) is 0 Å². The second-order valence-electron chi connectivity index (χ2n) is 7.71. The average molecular weight is 486 g/mol. The van der Waals surface area contributed by atoms with Crippen LogP contribution >= 0.6 is 11.3 Å². The number of hydrogen-bond donors (Lipinski definition) is 1. The second-order valence-corrected chi connectivity index (χ2v) is 8.62. The summed E-state index contributed by atoms with van der Waals surface area (Å²) in [7, 11) is 0. The van der Waals surface area contributed by atoms with Crippen LogP contribution in [0.1, 0.15) is 27.8 Å². The van der Waals surface area contributed by atoms with Crippen LogP contribution in [0.15, 0.2) is 84.2 Å². The standard InChI is InChI=1S/C27H20FN3O3S/c1-2-34-27(33)23-15-24(31(30-23)20-10-6-8-18(28)14-20)17-7-5-9-19(13-17)29-26(32)22-16-35-25-12-4-3-11-21(22)25/h3-16H,2H2,1H3,(H,29,32). The van der Waals surface area contributed by atoms with Gasteiger partial charge in [0.1, 0.15) is 5.82 Å². The highest BCUT2D eigenvalue weighted by atomic mass is 32.1. The fraction of sp³-hybridized carbons (Fsp3) is 0.0741. The highest BCUT2D eigenvalue weighted by Crippen LogP contribution is 2.29. The van der Waals surface area contributed by atoms with E-state index in [4.69, 9.17) is 4.74 Å². The molecule has 0 aliphatic carbocycles. The molecule has 0 unspecified atom stereocenters. The van der Waals surface area contributed by atoms with E-state index in [-0.39, 0.29) is 18.2 Å². The number of amides is 1. The van der Waals surface area contributed by atoms with Gasteiger partial charge >= 0.3 is 5.97 Å². The number of nitrogens with one attached hydrogen (secondary N) is 1. The average Bonchev–Trinajstić information content (AvgIpc) is 3.50. The molecule has 0 aliphatic rings. The van der Waals surface area contributed by atoms with Crippen LogP contribution in [0, 0.1) is 5.82 Å². The lowest BCUT2D eigenvalue weighted by molar-refractivity contribution is 0.0519. The number of fused-ring (bicyclic) bond motifs is 1. The third-order valence-corrected chi connectivity index (χ3v) is 6.35. The lowest BCUT2D eigenvalue weighted by atomic mass is 10.1. The molecular weight excluding hydrogens is 465 g/mol. The van der Waals surface area contributed by atoms with E-state index in [1.807, 2.05) is 35.7 Å².